The zero-order valence-corrected chi connectivity index (χ0v) is 16.8. The van der Waals surface area contributed by atoms with Gasteiger partial charge in [0.1, 0.15) is 0 Å². The van der Waals surface area contributed by atoms with Crippen LogP contribution in [0.1, 0.15) is 63.4 Å². The summed E-state index contributed by atoms with van der Waals surface area (Å²) < 4.78 is 2.09. The van der Waals surface area contributed by atoms with Crippen molar-refractivity contribution in [3.8, 4) is 0 Å². The van der Waals surface area contributed by atoms with Gasteiger partial charge in [0, 0.05) is 37.8 Å². The van der Waals surface area contributed by atoms with Crippen LogP contribution in [0.2, 0.25) is 0 Å². The third-order valence-corrected chi connectivity index (χ3v) is 5.16. The molecule has 0 saturated carbocycles. The molecule has 1 aromatic rings. The zero-order valence-electron chi connectivity index (χ0n) is 16.8. The Kier molecular flexibility index (Phi) is 7.48. The van der Waals surface area contributed by atoms with Gasteiger partial charge in [0.05, 0.1) is 5.69 Å². The van der Waals surface area contributed by atoms with Crippen LogP contribution in [-0.4, -0.2) is 46.3 Å². The van der Waals surface area contributed by atoms with Gasteiger partial charge >= 0.3 is 0 Å². The lowest BCUT2D eigenvalue weighted by molar-refractivity contribution is -0.122. The fourth-order valence-electron chi connectivity index (χ4n) is 3.77. The fraction of sp³-hybridized carbons (Fsp3) is 0.800. The van der Waals surface area contributed by atoms with E-state index in [0.717, 1.165) is 44.6 Å². The molecule has 0 spiro atoms. The van der Waals surface area contributed by atoms with E-state index in [-0.39, 0.29) is 5.91 Å². The van der Waals surface area contributed by atoms with Crippen LogP contribution < -0.4 is 5.32 Å². The van der Waals surface area contributed by atoms with E-state index in [4.69, 9.17) is 0 Å². The number of piperidine rings is 1. The molecule has 0 radical (unpaired) electrons. The first-order chi connectivity index (χ1) is 11.9. The average Bonchev–Trinajstić information content (AvgIpc) is 2.81. The number of nitrogens with zero attached hydrogens (tertiary/aromatic N) is 3. The lowest BCUT2D eigenvalue weighted by Gasteiger charge is -2.32. The van der Waals surface area contributed by atoms with Crippen LogP contribution in [-0.2, 0) is 17.8 Å². The van der Waals surface area contributed by atoms with Gasteiger partial charge in [-0.15, -0.1) is 0 Å². The molecule has 0 unspecified atom stereocenters. The monoisotopic (exact) mass is 348 g/mol. The average molecular weight is 349 g/mol. The quantitative estimate of drug-likeness (QED) is 0.785. The molecule has 25 heavy (non-hydrogen) atoms. The maximum absolute atomic E-state index is 12.3. The predicted molar refractivity (Wildman–Crippen MR) is 103 cm³/mol. The van der Waals surface area contributed by atoms with E-state index in [1.165, 1.54) is 24.2 Å². The Hall–Kier alpha value is -1.36. The Balaban J connectivity index is 1.80. The molecule has 0 aliphatic carbocycles. The van der Waals surface area contributed by atoms with E-state index in [2.05, 4.69) is 54.6 Å². The van der Waals surface area contributed by atoms with Crippen LogP contribution in [0.5, 0.6) is 0 Å². The van der Waals surface area contributed by atoms with Crippen molar-refractivity contribution < 1.29 is 4.79 Å². The number of likely N-dealkylation sites (tertiary alicyclic amines) is 1. The molecule has 0 aromatic carbocycles. The summed E-state index contributed by atoms with van der Waals surface area (Å²) >= 11 is 0. The summed E-state index contributed by atoms with van der Waals surface area (Å²) in [4.78, 5) is 14.8. The van der Waals surface area contributed by atoms with E-state index in [9.17, 15) is 4.79 Å². The molecule has 0 atom stereocenters. The van der Waals surface area contributed by atoms with Crippen LogP contribution in [0.15, 0.2) is 0 Å². The maximum Gasteiger partial charge on any atom is 0.220 e. The third kappa shape index (κ3) is 5.84. The van der Waals surface area contributed by atoms with Crippen LogP contribution in [0.4, 0.5) is 0 Å². The number of carbonyl (C=O) groups is 1. The van der Waals surface area contributed by atoms with Gasteiger partial charge in [-0.3, -0.25) is 9.48 Å². The predicted octanol–water partition coefficient (Wildman–Crippen LogP) is 3.08. The van der Waals surface area contributed by atoms with Crippen LogP contribution in [0.3, 0.4) is 0 Å². The molecular weight excluding hydrogens is 312 g/mol. The molecule has 1 fully saturated rings. The molecule has 142 valence electrons. The van der Waals surface area contributed by atoms with Gasteiger partial charge in [-0.25, -0.2) is 0 Å². The minimum Gasteiger partial charge on any atom is -0.353 e. The summed E-state index contributed by atoms with van der Waals surface area (Å²) in [6.45, 7) is 15.2. The lowest BCUT2D eigenvalue weighted by Crippen LogP contribution is -2.44. The highest BCUT2D eigenvalue weighted by molar-refractivity contribution is 5.76. The van der Waals surface area contributed by atoms with Crippen molar-refractivity contribution in [3.05, 3.63) is 17.0 Å². The molecule has 1 N–H and O–H groups in total. The summed E-state index contributed by atoms with van der Waals surface area (Å²) in [6.07, 6.45) is 4.72. The first-order valence-electron chi connectivity index (χ1n) is 9.95. The smallest absolute Gasteiger partial charge is 0.220 e. The summed E-state index contributed by atoms with van der Waals surface area (Å²) in [6, 6.07) is 0.353. The van der Waals surface area contributed by atoms with Crippen LogP contribution >= 0.6 is 0 Å². The Labute approximate surface area is 153 Å². The zero-order chi connectivity index (χ0) is 18.4. The van der Waals surface area contributed by atoms with Crippen molar-refractivity contribution in [3.63, 3.8) is 0 Å². The Morgan fingerprint density at radius 3 is 2.56 bits per heavy atom. The topological polar surface area (TPSA) is 50.2 Å². The van der Waals surface area contributed by atoms with Crippen molar-refractivity contribution >= 4 is 5.91 Å². The van der Waals surface area contributed by atoms with Crippen LogP contribution in [0, 0.1) is 19.8 Å². The Morgan fingerprint density at radius 2 is 1.96 bits per heavy atom. The maximum atomic E-state index is 12.3. The van der Waals surface area contributed by atoms with Gasteiger partial charge in [-0.1, -0.05) is 20.8 Å². The fourth-order valence-corrected chi connectivity index (χ4v) is 3.77. The highest BCUT2D eigenvalue weighted by Gasteiger charge is 2.20. The largest absolute Gasteiger partial charge is 0.353 e. The van der Waals surface area contributed by atoms with E-state index in [1.807, 2.05) is 0 Å². The molecular formula is C20H36N4O. The number of aromatic nitrogens is 2. The highest BCUT2D eigenvalue weighted by Crippen LogP contribution is 2.17. The number of hydrogen-bond acceptors (Lipinski definition) is 3. The van der Waals surface area contributed by atoms with E-state index in [0.29, 0.717) is 18.4 Å². The van der Waals surface area contributed by atoms with Gasteiger partial charge < -0.3 is 10.2 Å². The van der Waals surface area contributed by atoms with Gasteiger partial charge in [0.15, 0.2) is 0 Å². The summed E-state index contributed by atoms with van der Waals surface area (Å²) in [5.74, 6) is 0.761. The normalized spacial score (nSPS) is 16.6. The number of hydrogen-bond donors (Lipinski definition) is 1. The van der Waals surface area contributed by atoms with Gasteiger partial charge in [-0.2, -0.15) is 5.10 Å². The van der Waals surface area contributed by atoms with E-state index in [1.54, 1.807) is 0 Å². The minimum absolute atomic E-state index is 0.185. The standard InChI is InChI=1S/C20H36N4O/c1-6-11-23-12-9-18(10-13-23)21-20(25)8-7-19-16(4)22-24(17(19)5)14-15(2)3/h15,18H,6-14H2,1-5H3,(H,21,25). The van der Waals surface area contributed by atoms with Crippen molar-refractivity contribution in [2.45, 2.75) is 79.3 Å². The van der Waals surface area contributed by atoms with Gasteiger partial charge in [-0.05, 0) is 57.6 Å². The SMILES string of the molecule is CCCN1CCC(NC(=O)CCc2c(C)nn(CC(C)C)c2C)CC1. The molecule has 1 aromatic heterocycles. The lowest BCUT2D eigenvalue weighted by atomic mass is 10.0. The minimum atomic E-state index is 0.185. The second-order valence-electron chi connectivity index (χ2n) is 7.91. The summed E-state index contributed by atoms with van der Waals surface area (Å²) in [5.41, 5.74) is 3.53. The second-order valence-corrected chi connectivity index (χ2v) is 7.91. The van der Waals surface area contributed by atoms with Crippen molar-refractivity contribution in [1.29, 1.82) is 0 Å². The molecule has 1 amide bonds. The van der Waals surface area contributed by atoms with Crippen molar-refractivity contribution in [2.24, 2.45) is 5.92 Å². The number of nitrogens with one attached hydrogen (secondary N) is 1. The van der Waals surface area contributed by atoms with Gasteiger partial charge in [0.2, 0.25) is 5.91 Å². The molecule has 5 nitrogen and oxygen atoms in total. The molecule has 1 aliphatic rings. The molecule has 2 rings (SSSR count). The van der Waals surface area contributed by atoms with Gasteiger partial charge in [0.25, 0.3) is 0 Å². The Bertz CT molecular complexity index is 556. The molecule has 0 bridgehead atoms. The Morgan fingerprint density at radius 1 is 1.28 bits per heavy atom. The van der Waals surface area contributed by atoms with Crippen molar-refractivity contribution in [2.75, 3.05) is 19.6 Å². The number of rotatable bonds is 8. The first kappa shape index (κ1) is 20.0. The molecule has 5 heteroatoms. The second kappa shape index (κ2) is 9.37. The summed E-state index contributed by atoms with van der Waals surface area (Å²) in [5, 5.41) is 7.89. The first-order valence-corrected chi connectivity index (χ1v) is 9.95. The van der Waals surface area contributed by atoms with E-state index < -0.39 is 0 Å². The summed E-state index contributed by atoms with van der Waals surface area (Å²) in [7, 11) is 0. The number of aryl methyl sites for hydroxylation is 1. The van der Waals surface area contributed by atoms with Crippen molar-refractivity contribution in [1.82, 2.24) is 20.0 Å². The molecule has 2 heterocycles. The molecule has 1 saturated heterocycles. The van der Waals surface area contributed by atoms with Crippen LogP contribution in [0.25, 0.3) is 0 Å². The van der Waals surface area contributed by atoms with E-state index >= 15 is 0 Å². The number of carbonyl (C=O) groups excluding carboxylic acids is 1. The molecule has 1 aliphatic heterocycles. The third-order valence-electron chi connectivity index (χ3n) is 5.16. The highest BCUT2D eigenvalue weighted by atomic mass is 16.1. The number of amides is 1.